The van der Waals surface area contributed by atoms with E-state index in [4.69, 9.17) is 0 Å². The molecule has 132 valence electrons. The summed E-state index contributed by atoms with van der Waals surface area (Å²) in [5, 5.41) is 15.2. The molecule has 0 saturated heterocycles. The fourth-order valence-electron chi connectivity index (χ4n) is 2.97. The second kappa shape index (κ2) is 6.83. The highest BCUT2D eigenvalue weighted by molar-refractivity contribution is 5.92. The number of aromatic nitrogens is 6. The van der Waals surface area contributed by atoms with Gasteiger partial charge < -0.3 is 9.88 Å². The molecule has 2 N–H and O–H groups in total. The predicted octanol–water partition coefficient (Wildman–Crippen LogP) is 1.82. The lowest BCUT2D eigenvalue weighted by Crippen LogP contribution is -2.36. The highest BCUT2D eigenvalue weighted by Gasteiger charge is 2.14. The van der Waals surface area contributed by atoms with Crippen molar-refractivity contribution in [1.29, 1.82) is 0 Å². The molecule has 1 amide bonds. The second-order valence-corrected chi connectivity index (χ2v) is 6.27. The van der Waals surface area contributed by atoms with Gasteiger partial charge in [-0.15, -0.1) is 0 Å². The molecule has 0 aliphatic rings. The molecule has 1 atom stereocenters. The van der Waals surface area contributed by atoms with Crippen LogP contribution in [0.3, 0.4) is 0 Å². The Balaban J connectivity index is 1.41. The fourth-order valence-corrected chi connectivity index (χ4v) is 2.97. The lowest BCUT2D eigenvalue weighted by molar-refractivity contribution is 0.0931. The SMILES string of the molecule is CC(Cn1cncn1)NC(=O)c1cc(Cn2ccc3ccccc32)[nH]n1. The molecule has 0 saturated carbocycles. The van der Waals surface area contributed by atoms with Gasteiger partial charge in [-0.2, -0.15) is 10.2 Å². The summed E-state index contributed by atoms with van der Waals surface area (Å²) < 4.78 is 3.80. The van der Waals surface area contributed by atoms with E-state index in [1.54, 1.807) is 17.1 Å². The normalized spacial score (nSPS) is 12.3. The van der Waals surface area contributed by atoms with Crippen LogP contribution in [-0.2, 0) is 13.1 Å². The number of amides is 1. The molecular formula is C18H19N7O. The van der Waals surface area contributed by atoms with Crippen LogP contribution in [0.1, 0.15) is 23.1 Å². The molecule has 4 aromatic rings. The lowest BCUT2D eigenvalue weighted by atomic mass is 10.2. The van der Waals surface area contributed by atoms with Crippen LogP contribution in [0.25, 0.3) is 10.9 Å². The first-order valence-corrected chi connectivity index (χ1v) is 8.40. The molecule has 4 rings (SSSR count). The van der Waals surface area contributed by atoms with Crippen LogP contribution in [0.4, 0.5) is 0 Å². The number of hydrogen-bond acceptors (Lipinski definition) is 4. The molecule has 1 aromatic carbocycles. The third-order valence-corrected chi connectivity index (χ3v) is 4.19. The number of carbonyl (C=O) groups excluding carboxylic acids is 1. The number of nitrogens with zero attached hydrogens (tertiary/aromatic N) is 5. The molecule has 0 fully saturated rings. The summed E-state index contributed by atoms with van der Waals surface area (Å²) in [6.07, 6.45) is 5.13. The van der Waals surface area contributed by atoms with E-state index in [0.717, 1.165) is 11.2 Å². The van der Waals surface area contributed by atoms with E-state index in [1.165, 1.54) is 11.7 Å². The van der Waals surface area contributed by atoms with Crippen molar-refractivity contribution in [1.82, 2.24) is 34.8 Å². The highest BCUT2D eigenvalue weighted by atomic mass is 16.2. The van der Waals surface area contributed by atoms with Crippen molar-refractivity contribution < 1.29 is 4.79 Å². The van der Waals surface area contributed by atoms with Gasteiger partial charge in [-0.25, -0.2) is 4.98 Å². The van der Waals surface area contributed by atoms with Gasteiger partial charge in [0, 0.05) is 17.8 Å². The molecule has 0 aliphatic heterocycles. The number of benzene rings is 1. The Kier molecular flexibility index (Phi) is 4.22. The number of fused-ring (bicyclic) bond motifs is 1. The van der Waals surface area contributed by atoms with E-state index in [0.29, 0.717) is 18.8 Å². The standard InChI is InChI=1S/C18H19N7O/c1-13(9-25-12-19-11-20-25)21-18(26)16-8-15(22-23-16)10-24-7-6-14-4-2-3-5-17(14)24/h2-8,11-13H,9-10H2,1H3,(H,21,26)(H,22,23). The van der Waals surface area contributed by atoms with Crippen LogP contribution in [0, 0.1) is 0 Å². The lowest BCUT2D eigenvalue weighted by Gasteiger charge is -2.12. The summed E-state index contributed by atoms with van der Waals surface area (Å²) >= 11 is 0. The number of hydrogen-bond donors (Lipinski definition) is 2. The van der Waals surface area contributed by atoms with Crippen molar-refractivity contribution in [2.24, 2.45) is 0 Å². The highest BCUT2D eigenvalue weighted by Crippen LogP contribution is 2.16. The summed E-state index contributed by atoms with van der Waals surface area (Å²) in [4.78, 5) is 16.3. The quantitative estimate of drug-likeness (QED) is 0.555. The van der Waals surface area contributed by atoms with Crippen molar-refractivity contribution in [3.8, 4) is 0 Å². The van der Waals surface area contributed by atoms with Gasteiger partial charge in [0.05, 0.1) is 18.8 Å². The number of H-pyrrole nitrogens is 1. The van der Waals surface area contributed by atoms with Crippen LogP contribution in [0.2, 0.25) is 0 Å². The Hall–Kier alpha value is -3.42. The van der Waals surface area contributed by atoms with Gasteiger partial charge in [0.2, 0.25) is 0 Å². The molecule has 8 nitrogen and oxygen atoms in total. The van der Waals surface area contributed by atoms with Gasteiger partial charge in [-0.05, 0) is 30.5 Å². The third-order valence-electron chi connectivity index (χ3n) is 4.19. The zero-order valence-corrected chi connectivity index (χ0v) is 14.3. The zero-order valence-electron chi connectivity index (χ0n) is 14.3. The van der Waals surface area contributed by atoms with Gasteiger partial charge in [0.15, 0.2) is 0 Å². The van der Waals surface area contributed by atoms with Gasteiger partial charge in [0.25, 0.3) is 5.91 Å². The Morgan fingerprint density at radius 2 is 2.19 bits per heavy atom. The average Bonchev–Trinajstić information content (AvgIpc) is 3.37. The van der Waals surface area contributed by atoms with E-state index in [2.05, 4.69) is 48.4 Å². The largest absolute Gasteiger partial charge is 0.346 e. The topological polar surface area (TPSA) is 93.4 Å². The number of aromatic amines is 1. The van der Waals surface area contributed by atoms with Gasteiger partial charge in [-0.3, -0.25) is 14.6 Å². The summed E-state index contributed by atoms with van der Waals surface area (Å²) in [5.41, 5.74) is 2.40. The molecule has 3 heterocycles. The van der Waals surface area contributed by atoms with Crippen LogP contribution in [-0.4, -0.2) is 41.5 Å². The summed E-state index contributed by atoms with van der Waals surface area (Å²) in [7, 11) is 0. The number of rotatable bonds is 6. The fraction of sp³-hybridized carbons (Fsp3) is 0.222. The van der Waals surface area contributed by atoms with Gasteiger partial charge in [-0.1, -0.05) is 18.2 Å². The minimum absolute atomic E-state index is 0.0854. The Morgan fingerprint density at radius 1 is 1.31 bits per heavy atom. The van der Waals surface area contributed by atoms with Crippen molar-refractivity contribution in [3.63, 3.8) is 0 Å². The molecule has 3 aromatic heterocycles. The van der Waals surface area contributed by atoms with Crippen LogP contribution in [0.15, 0.2) is 55.2 Å². The first-order chi connectivity index (χ1) is 12.7. The number of nitrogens with one attached hydrogen (secondary N) is 2. The second-order valence-electron chi connectivity index (χ2n) is 6.27. The molecule has 1 unspecified atom stereocenters. The Labute approximate surface area is 149 Å². The maximum atomic E-state index is 12.4. The number of carbonyl (C=O) groups is 1. The molecule has 26 heavy (non-hydrogen) atoms. The van der Waals surface area contributed by atoms with Crippen molar-refractivity contribution in [2.75, 3.05) is 0 Å². The molecular weight excluding hydrogens is 330 g/mol. The maximum absolute atomic E-state index is 12.4. The van der Waals surface area contributed by atoms with E-state index in [1.807, 2.05) is 25.3 Å². The summed E-state index contributed by atoms with van der Waals surface area (Å²) in [5.74, 6) is -0.211. The van der Waals surface area contributed by atoms with Crippen molar-refractivity contribution in [2.45, 2.75) is 26.1 Å². The number of para-hydroxylation sites is 1. The van der Waals surface area contributed by atoms with Crippen molar-refractivity contribution in [3.05, 3.63) is 66.6 Å². The third kappa shape index (κ3) is 3.34. The minimum Gasteiger partial charge on any atom is -0.346 e. The molecule has 0 spiro atoms. The van der Waals surface area contributed by atoms with E-state index in [-0.39, 0.29) is 11.9 Å². The Morgan fingerprint density at radius 3 is 3.04 bits per heavy atom. The van der Waals surface area contributed by atoms with Gasteiger partial charge >= 0.3 is 0 Å². The summed E-state index contributed by atoms with van der Waals surface area (Å²) in [6, 6.07) is 12.0. The summed E-state index contributed by atoms with van der Waals surface area (Å²) in [6.45, 7) is 3.10. The molecule has 0 bridgehead atoms. The molecule has 0 radical (unpaired) electrons. The smallest absolute Gasteiger partial charge is 0.272 e. The first-order valence-electron chi connectivity index (χ1n) is 8.40. The van der Waals surface area contributed by atoms with Crippen LogP contribution < -0.4 is 5.32 Å². The maximum Gasteiger partial charge on any atom is 0.272 e. The van der Waals surface area contributed by atoms with E-state index >= 15 is 0 Å². The molecule has 0 aliphatic carbocycles. The molecule has 8 heteroatoms. The first kappa shape index (κ1) is 16.1. The van der Waals surface area contributed by atoms with E-state index < -0.39 is 0 Å². The van der Waals surface area contributed by atoms with Crippen LogP contribution in [0.5, 0.6) is 0 Å². The van der Waals surface area contributed by atoms with Crippen LogP contribution >= 0.6 is 0 Å². The average molecular weight is 349 g/mol. The van der Waals surface area contributed by atoms with Gasteiger partial charge in [0.1, 0.15) is 18.3 Å². The van der Waals surface area contributed by atoms with Crippen molar-refractivity contribution >= 4 is 16.8 Å². The Bertz CT molecular complexity index is 1020. The minimum atomic E-state index is -0.211. The monoisotopic (exact) mass is 349 g/mol. The van der Waals surface area contributed by atoms with E-state index in [9.17, 15) is 4.79 Å². The zero-order chi connectivity index (χ0) is 17.9. The predicted molar refractivity (Wildman–Crippen MR) is 96.6 cm³/mol.